The molecule has 20 heavy (non-hydrogen) atoms. The van der Waals surface area contributed by atoms with E-state index in [1.54, 1.807) is 12.1 Å². The summed E-state index contributed by atoms with van der Waals surface area (Å²) in [5.41, 5.74) is 0.862. The van der Waals surface area contributed by atoms with Crippen LogP contribution in [0.15, 0.2) is 18.2 Å². The number of hydrogen-bond donors (Lipinski definition) is 1. The fraction of sp³-hybridized carbons (Fsp3) is 0.533. The van der Waals surface area contributed by atoms with Crippen molar-refractivity contribution in [3.8, 4) is 0 Å². The van der Waals surface area contributed by atoms with Crippen LogP contribution < -0.4 is 5.32 Å². The second-order valence-electron chi connectivity index (χ2n) is 4.98. The Labute approximate surface area is 137 Å². The Balaban J connectivity index is 2.87. The van der Waals surface area contributed by atoms with Crippen molar-refractivity contribution in [1.29, 1.82) is 0 Å². The molecule has 2 atom stereocenters. The largest absolute Gasteiger partial charge is 0.344 e. The molecule has 0 amide bonds. The minimum absolute atomic E-state index is 0.396. The lowest BCUT2D eigenvalue weighted by atomic mass is 10.1. The molecule has 5 heteroatoms. The number of thiocarbonyl (C=S) groups is 1. The molecular formula is C15H22Cl2N2S. The van der Waals surface area contributed by atoms with E-state index in [2.05, 4.69) is 37.9 Å². The van der Waals surface area contributed by atoms with Crippen LogP contribution in [0.4, 0.5) is 5.69 Å². The van der Waals surface area contributed by atoms with Gasteiger partial charge in [-0.05, 0) is 57.1 Å². The molecular weight excluding hydrogens is 311 g/mol. The van der Waals surface area contributed by atoms with Crippen LogP contribution in [0.1, 0.15) is 40.5 Å². The van der Waals surface area contributed by atoms with Gasteiger partial charge >= 0.3 is 0 Å². The third kappa shape index (κ3) is 4.51. The molecule has 112 valence electrons. The summed E-state index contributed by atoms with van der Waals surface area (Å²) in [5.74, 6) is 0. The van der Waals surface area contributed by atoms with Crippen LogP contribution in [0, 0.1) is 0 Å². The van der Waals surface area contributed by atoms with Gasteiger partial charge in [-0.15, -0.1) is 0 Å². The summed E-state index contributed by atoms with van der Waals surface area (Å²) in [5, 5.41) is 5.05. The molecule has 0 spiro atoms. The van der Waals surface area contributed by atoms with Gasteiger partial charge in [0.15, 0.2) is 5.11 Å². The molecule has 1 N–H and O–H groups in total. The molecule has 0 saturated heterocycles. The smallest absolute Gasteiger partial charge is 0.173 e. The first-order valence-electron chi connectivity index (χ1n) is 6.95. The zero-order valence-corrected chi connectivity index (χ0v) is 14.7. The Kier molecular flexibility index (Phi) is 7.07. The summed E-state index contributed by atoms with van der Waals surface area (Å²) >= 11 is 17.5. The van der Waals surface area contributed by atoms with Gasteiger partial charge in [0.25, 0.3) is 0 Å². The van der Waals surface area contributed by atoms with E-state index in [9.17, 15) is 0 Å². The van der Waals surface area contributed by atoms with Crippen LogP contribution in [-0.4, -0.2) is 22.1 Å². The van der Waals surface area contributed by atoms with Gasteiger partial charge in [-0.25, -0.2) is 0 Å². The fourth-order valence-electron chi connectivity index (χ4n) is 1.99. The Morgan fingerprint density at radius 3 is 2.15 bits per heavy atom. The highest BCUT2D eigenvalue weighted by atomic mass is 35.5. The van der Waals surface area contributed by atoms with Gasteiger partial charge in [-0.1, -0.05) is 37.0 Å². The Bertz CT molecular complexity index is 455. The highest BCUT2D eigenvalue weighted by Gasteiger charge is 2.20. The minimum atomic E-state index is 0.396. The predicted octanol–water partition coefficient (Wildman–Crippen LogP) is 5.59. The molecule has 2 nitrogen and oxygen atoms in total. The average Bonchev–Trinajstić information content (AvgIpc) is 2.42. The number of anilines is 1. The van der Waals surface area contributed by atoms with Crippen LogP contribution in [0.25, 0.3) is 0 Å². The lowest BCUT2D eigenvalue weighted by Gasteiger charge is -2.36. The number of rotatable bonds is 5. The van der Waals surface area contributed by atoms with Crippen molar-refractivity contribution in [2.24, 2.45) is 0 Å². The summed E-state index contributed by atoms with van der Waals surface area (Å²) in [7, 11) is 0. The van der Waals surface area contributed by atoms with Crippen LogP contribution in [-0.2, 0) is 0 Å². The molecule has 0 aliphatic rings. The van der Waals surface area contributed by atoms with Crippen molar-refractivity contribution in [3.05, 3.63) is 28.2 Å². The summed E-state index contributed by atoms with van der Waals surface area (Å²) in [6.45, 7) is 8.72. The van der Waals surface area contributed by atoms with Crippen molar-refractivity contribution in [2.45, 2.75) is 52.6 Å². The van der Waals surface area contributed by atoms with Gasteiger partial charge in [0.2, 0.25) is 0 Å². The Hall–Kier alpha value is -0.510. The maximum Gasteiger partial charge on any atom is 0.173 e. The molecule has 2 unspecified atom stereocenters. The van der Waals surface area contributed by atoms with E-state index in [1.807, 2.05) is 6.07 Å². The third-order valence-corrected chi connectivity index (χ3v) is 4.59. The monoisotopic (exact) mass is 332 g/mol. The summed E-state index contributed by atoms with van der Waals surface area (Å²) in [4.78, 5) is 2.25. The molecule has 0 fully saturated rings. The Morgan fingerprint density at radius 2 is 1.70 bits per heavy atom. The minimum Gasteiger partial charge on any atom is -0.344 e. The van der Waals surface area contributed by atoms with Gasteiger partial charge in [0, 0.05) is 17.8 Å². The van der Waals surface area contributed by atoms with Gasteiger partial charge in [-0.3, -0.25) is 0 Å². The average molecular weight is 333 g/mol. The van der Waals surface area contributed by atoms with Gasteiger partial charge in [-0.2, -0.15) is 0 Å². The summed E-state index contributed by atoms with van der Waals surface area (Å²) in [6, 6.07) is 6.24. The zero-order valence-electron chi connectivity index (χ0n) is 12.4. The van der Waals surface area contributed by atoms with Crippen molar-refractivity contribution < 1.29 is 0 Å². The quantitative estimate of drug-likeness (QED) is 0.707. The lowest BCUT2D eigenvalue weighted by molar-refractivity contribution is 0.254. The molecule has 0 bridgehead atoms. The number of hydrogen-bond acceptors (Lipinski definition) is 1. The number of nitrogens with zero attached hydrogens (tertiary/aromatic N) is 1. The molecule has 1 rings (SSSR count). The van der Waals surface area contributed by atoms with Crippen molar-refractivity contribution >= 4 is 46.2 Å². The van der Waals surface area contributed by atoms with Crippen LogP contribution in [0.2, 0.25) is 10.0 Å². The maximum atomic E-state index is 6.03. The second-order valence-corrected chi connectivity index (χ2v) is 6.18. The molecule has 0 aromatic heterocycles. The predicted molar refractivity (Wildman–Crippen MR) is 94.0 cm³/mol. The first-order valence-corrected chi connectivity index (χ1v) is 8.11. The first-order chi connectivity index (χ1) is 9.40. The Morgan fingerprint density at radius 1 is 1.15 bits per heavy atom. The second kappa shape index (κ2) is 8.06. The van der Waals surface area contributed by atoms with E-state index in [0.29, 0.717) is 22.1 Å². The van der Waals surface area contributed by atoms with E-state index in [-0.39, 0.29) is 0 Å². The number of halogens is 2. The van der Waals surface area contributed by atoms with E-state index in [4.69, 9.17) is 35.4 Å². The molecule has 0 aliphatic heterocycles. The van der Waals surface area contributed by atoms with E-state index < -0.39 is 0 Å². The number of benzene rings is 1. The third-order valence-electron chi connectivity index (χ3n) is 3.54. The molecule has 0 saturated carbocycles. The molecule has 1 aromatic rings. The topological polar surface area (TPSA) is 15.3 Å². The van der Waals surface area contributed by atoms with Crippen LogP contribution in [0.3, 0.4) is 0 Å². The maximum absolute atomic E-state index is 6.03. The number of nitrogens with one attached hydrogen (secondary N) is 1. The summed E-state index contributed by atoms with van der Waals surface area (Å²) in [6.07, 6.45) is 2.10. The highest BCUT2D eigenvalue weighted by molar-refractivity contribution is 7.80. The highest BCUT2D eigenvalue weighted by Crippen LogP contribution is 2.25. The van der Waals surface area contributed by atoms with E-state index in [1.165, 1.54) is 0 Å². The molecule has 0 radical (unpaired) electrons. The van der Waals surface area contributed by atoms with E-state index in [0.717, 1.165) is 23.6 Å². The molecule has 1 aromatic carbocycles. The van der Waals surface area contributed by atoms with E-state index >= 15 is 0 Å². The van der Waals surface area contributed by atoms with Crippen molar-refractivity contribution in [2.75, 3.05) is 5.32 Å². The SMILES string of the molecule is CCC(C)N(C(=S)Nc1ccc(Cl)c(Cl)c1)C(C)CC. The molecule has 0 aliphatic carbocycles. The van der Waals surface area contributed by atoms with Gasteiger partial charge in [0.1, 0.15) is 0 Å². The lowest BCUT2D eigenvalue weighted by Crippen LogP contribution is -2.46. The van der Waals surface area contributed by atoms with Gasteiger partial charge < -0.3 is 10.2 Å². The molecule has 0 heterocycles. The van der Waals surface area contributed by atoms with Crippen molar-refractivity contribution in [1.82, 2.24) is 4.90 Å². The normalized spacial score (nSPS) is 13.7. The van der Waals surface area contributed by atoms with Crippen molar-refractivity contribution in [3.63, 3.8) is 0 Å². The fourth-order valence-corrected chi connectivity index (χ4v) is 2.77. The van der Waals surface area contributed by atoms with Gasteiger partial charge in [0.05, 0.1) is 10.0 Å². The van der Waals surface area contributed by atoms with Crippen LogP contribution >= 0.6 is 35.4 Å². The van der Waals surface area contributed by atoms with Crippen LogP contribution in [0.5, 0.6) is 0 Å². The zero-order chi connectivity index (χ0) is 15.3. The first kappa shape index (κ1) is 17.5. The summed E-state index contributed by atoms with van der Waals surface area (Å²) < 4.78 is 0. The standard InChI is InChI=1S/C15H22Cl2N2S/c1-5-10(3)19(11(4)6-2)15(20)18-12-7-8-13(16)14(17)9-12/h7-11H,5-6H2,1-4H3,(H,18,20).